The van der Waals surface area contributed by atoms with Crippen molar-refractivity contribution in [3.8, 4) is 34.6 Å². The van der Waals surface area contributed by atoms with Gasteiger partial charge in [0.15, 0.2) is 17.3 Å². The average Bonchev–Trinajstić information content (AvgIpc) is 3.59. The van der Waals surface area contributed by atoms with Gasteiger partial charge in [0.25, 0.3) is 0 Å². The highest BCUT2D eigenvalue weighted by Crippen LogP contribution is 2.36. The number of carbonyl (C=O) groups excluding carboxylic acids is 1. The smallest absolute Gasteiger partial charge is 0.336 e. The Morgan fingerprint density at radius 2 is 1.91 bits per heavy atom. The van der Waals surface area contributed by atoms with Crippen molar-refractivity contribution in [1.82, 2.24) is 14.8 Å². The van der Waals surface area contributed by atoms with Crippen LogP contribution in [-0.4, -0.2) is 34.1 Å². The number of amides is 1. The number of ether oxygens (including phenoxy) is 3. The van der Waals surface area contributed by atoms with Crippen LogP contribution in [0.25, 0.3) is 17.1 Å². The van der Waals surface area contributed by atoms with Gasteiger partial charge in [-0.05, 0) is 61.7 Å². The fourth-order valence-corrected chi connectivity index (χ4v) is 4.43. The molecule has 33 heavy (non-hydrogen) atoms. The van der Waals surface area contributed by atoms with E-state index in [0.717, 1.165) is 23.4 Å². The van der Waals surface area contributed by atoms with Gasteiger partial charge < -0.3 is 19.5 Å². The van der Waals surface area contributed by atoms with Crippen molar-refractivity contribution in [2.45, 2.75) is 45.4 Å². The SMILES string of the molecule is CCOc1nc(-c2ccc3c(c2)OCO3)n(-c2ccc(NC(=O)CCC3CCCC3)cc2)n1. The van der Waals surface area contributed by atoms with E-state index in [4.69, 9.17) is 14.2 Å². The van der Waals surface area contributed by atoms with E-state index in [1.165, 1.54) is 25.7 Å². The lowest BCUT2D eigenvalue weighted by Gasteiger charge is -2.10. The molecule has 0 spiro atoms. The van der Waals surface area contributed by atoms with Gasteiger partial charge in [0.1, 0.15) is 0 Å². The van der Waals surface area contributed by atoms with Gasteiger partial charge in [0, 0.05) is 17.7 Å². The third-order valence-electron chi connectivity index (χ3n) is 6.14. The lowest BCUT2D eigenvalue weighted by atomic mass is 10.0. The molecular weight excluding hydrogens is 420 g/mol. The number of nitrogens with zero attached hydrogens (tertiary/aromatic N) is 3. The van der Waals surface area contributed by atoms with Gasteiger partial charge in [-0.2, -0.15) is 4.98 Å². The Morgan fingerprint density at radius 1 is 1.12 bits per heavy atom. The molecule has 1 aliphatic carbocycles. The van der Waals surface area contributed by atoms with Crippen LogP contribution in [0.5, 0.6) is 17.5 Å². The molecule has 2 heterocycles. The van der Waals surface area contributed by atoms with Crippen LogP contribution >= 0.6 is 0 Å². The number of benzene rings is 2. The van der Waals surface area contributed by atoms with E-state index in [-0.39, 0.29) is 12.7 Å². The maximum atomic E-state index is 12.4. The first kappa shape index (κ1) is 21.3. The molecule has 8 nitrogen and oxygen atoms in total. The van der Waals surface area contributed by atoms with Gasteiger partial charge in [-0.25, -0.2) is 4.68 Å². The van der Waals surface area contributed by atoms with Crippen LogP contribution in [-0.2, 0) is 4.79 Å². The van der Waals surface area contributed by atoms with Crippen molar-refractivity contribution < 1.29 is 19.0 Å². The number of aromatic nitrogens is 3. The molecule has 1 aromatic heterocycles. The molecule has 1 saturated carbocycles. The Labute approximate surface area is 192 Å². The van der Waals surface area contributed by atoms with Crippen molar-refractivity contribution in [1.29, 1.82) is 0 Å². The van der Waals surface area contributed by atoms with Gasteiger partial charge in [0.05, 0.1) is 12.3 Å². The third-order valence-corrected chi connectivity index (χ3v) is 6.14. The molecule has 0 radical (unpaired) electrons. The topological polar surface area (TPSA) is 87.5 Å². The van der Waals surface area contributed by atoms with Crippen molar-refractivity contribution in [3.05, 3.63) is 42.5 Å². The lowest BCUT2D eigenvalue weighted by Crippen LogP contribution is -2.12. The monoisotopic (exact) mass is 448 g/mol. The molecule has 1 aliphatic heterocycles. The summed E-state index contributed by atoms with van der Waals surface area (Å²) in [4.78, 5) is 16.9. The van der Waals surface area contributed by atoms with Crippen LogP contribution in [0.1, 0.15) is 45.4 Å². The molecule has 0 unspecified atom stereocenters. The zero-order chi connectivity index (χ0) is 22.6. The summed E-state index contributed by atoms with van der Waals surface area (Å²) in [7, 11) is 0. The number of hydrogen-bond donors (Lipinski definition) is 1. The number of fused-ring (bicyclic) bond motifs is 1. The molecular formula is C25H28N4O4. The molecule has 5 rings (SSSR count). The fraction of sp³-hybridized carbons (Fsp3) is 0.400. The Bertz CT molecular complexity index is 1120. The Morgan fingerprint density at radius 3 is 2.70 bits per heavy atom. The summed E-state index contributed by atoms with van der Waals surface area (Å²) in [6.07, 6.45) is 6.67. The second-order valence-corrected chi connectivity index (χ2v) is 8.42. The Balaban J connectivity index is 1.33. The number of rotatable bonds is 8. The Kier molecular flexibility index (Phi) is 6.15. The second-order valence-electron chi connectivity index (χ2n) is 8.42. The molecule has 8 heteroatoms. The van der Waals surface area contributed by atoms with E-state index in [2.05, 4.69) is 15.4 Å². The average molecular weight is 449 g/mol. The number of carbonyl (C=O) groups is 1. The maximum Gasteiger partial charge on any atom is 0.336 e. The van der Waals surface area contributed by atoms with Crippen molar-refractivity contribution in [2.24, 2.45) is 5.92 Å². The van der Waals surface area contributed by atoms with Gasteiger partial charge in [0.2, 0.25) is 12.7 Å². The molecule has 3 aromatic rings. The summed E-state index contributed by atoms with van der Waals surface area (Å²) in [5, 5.41) is 7.53. The predicted octanol–water partition coefficient (Wildman–Crippen LogP) is 4.97. The minimum atomic E-state index is 0.0649. The van der Waals surface area contributed by atoms with Crippen molar-refractivity contribution in [2.75, 3.05) is 18.7 Å². The second kappa shape index (κ2) is 9.52. The van der Waals surface area contributed by atoms with Crippen molar-refractivity contribution in [3.63, 3.8) is 0 Å². The third kappa shape index (κ3) is 4.79. The molecule has 2 aliphatic rings. The first-order chi connectivity index (χ1) is 16.2. The number of nitrogens with one attached hydrogen (secondary N) is 1. The van der Waals surface area contributed by atoms with E-state index in [9.17, 15) is 4.79 Å². The first-order valence-electron chi connectivity index (χ1n) is 11.6. The first-order valence-corrected chi connectivity index (χ1v) is 11.6. The summed E-state index contributed by atoms with van der Waals surface area (Å²) in [6.45, 7) is 2.57. The summed E-state index contributed by atoms with van der Waals surface area (Å²) < 4.78 is 18.2. The highest BCUT2D eigenvalue weighted by atomic mass is 16.7. The van der Waals surface area contributed by atoms with Gasteiger partial charge in [-0.15, -0.1) is 5.10 Å². The largest absolute Gasteiger partial charge is 0.463 e. The standard InChI is InChI=1S/C25H28N4O4/c1-2-31-25-27-24(18-8-13-21-22(15-18)33-16-32-21)29(28-25)20-11-9-19(10-12-20)26-23(30)14-7-17-5-3-4-6-17/h8-13,15,17H,2-7,14,16H2,1H3,(H,26,30). The van der Waals surface area contributed by atoms with E-state index in [1.807, 2.05) is 49.4 Å². The molecule has 2 aromatic carbocycles. The van der Waals surface area contributed by atoms with Crippen LogP contribution in [0.4, 0.5) is 5.69 Å². The fourth-order valence-electron chi connectivity index (χ4n) is 4.43. The van der Waals surface area contributed by atoms with Crippen LogP contribution in [0.3, 0.4) is 0 Å². The number of hydrogen-bond acceptors (Lipinski definition) is 6. The predicted molar refractivity (Wildman–Crippen MR) is 124 cm³/mol. The molecule has 0 atom stereocenters. The highest BCUT2D eigenvalue weighted by molar-refractivity contribution is 5.90. The van der Waals surface area contributed by atoms with Gasteiger partial charge in [-0.3, -0.25) is 4.79 Å². The van der Waals surface area contributed by atoms with Crippen LogP contribution in [0, 0.1) is 5.92 Å². The maximum absolute atomic E-state index is 12.4. The molecule has 0 saturated heterocycles. The van der Waals surface area contributed by atoms with Gasteiger partial charge in [-0.1, -0.05) is 25.7 Å². The normalized spacial score (nSPS) is 15.1. The number of anilines is 1. The molecule has 1 fully saturated rings. The van der Waals surface area contributed by atoms with E-state index in [0.29, 0.717) is 42.3 Å². The lowest BCUT2D eigenvalue weighted by molar-refractivity contribution is -0.116. The summed E-state index contributed by atoms with van der Waals surface area (Å²) in [5.74, 6) is 2.79. The minimum Gasteiger partial charge on any atom is -0.463 e. The van der Waals surface area contributed by atoms with Crippen LogP contribution in [0.15, 0.2) is 42.5 Å². The Hall–Kier alpha value is -3.55. The van der Waals surface area contributed by atoms with E-state index >= 15 is 0 Å². The van der Waals surface area contributed by atoms with Crippen molar-refractivity contribution >= 4 is 11.6 Å². The van der Waals surface area contributed by atoms with Crippen LogP contribution in [0.2, 0.25) is 0 Å². The van der Waals surface area contributed by atoms with E-state index < -0.39 is 0 Å². The molecule has 1 amide bonds. The molecule has 0 bridgehead atoms. The summed E-state index contributed by atoms with van der Waals surface area (Å²) >= 11 is 0. The zero-order valence-electron chi connectivity index (χ0n) is 18.8. The van der Waals surface area contributed by atoms with Crippen LogP contribution < -0.4 is 19.5 Å². The summed E-state index contributed by atoms with van der Waals surface area (Å²) in [5.41, 5.74) is 2.41. The summed E-state index contributed by atoms with van der Waals surface area (Å²) in [6, 6.07) is 13.6. The van der Waals surface area contributed by atoms with Gasteiger partial charge >= 0.3 is 6.01 Å². The molecule has 1 N–H and O–H groups in total. The quantitative estimate of drug-likeness (QED) is 0.523. The molecule has 172 valence electrons. The zero-order valence-corrected chi connectivity index (χ0v) is 18.8. The highest BCUT2D eigenvalue weighted by Gasteiger charge is 2.20. The van der Waals surface area contributed by atoms with E-state index in [1.54, 1.807) is 4.68 Å². The minimum absolute atomic E-state index is 0.0649.